The van der Waals surface area contributed by atoms with Gasteiger partial charge in [-0.15, -0.1) is 10.2 Å². The zero-order valence-electron chi connectivity index (χ0n) is 11.8. The summed E-state index contributed by atoms with van der Waals surface area (Å²) in [5, 5.41) is 13.3. The number of hydrogen-bond acceptors (Lipinski definition) is 4. The van der Waals surface area contributed by atoms with E-state index in [0.717, 1.165) is 10.6 Å². The molecule has 0 aliphatic rings. The third-order valence-electron chi connectivity index (χ3n) is 3.04. The number of carbonyl (C=O) groups is 1. The third kappa shape index (κ3) is 4.28. The van der Waals surface area contributed by atoms with Gasteiger partial charge in [0.25, 0.3) is 5.91 Å². The second kappa shape index (κ2) is 7.08. The zero-order chi connectivity index (χ0) is 16.2. The molecular weight excluding hydrogens is 353 g/mol. The van der Waals surface area contributed by atoms with E-state index in [1.807, 2.05) is 24.3 Å². The molecule has 1 heterocycles. The van der Waals surface area contributed by atoms with Crippen LogP contribution in [-0.4, -0.2) is 16.1 Å². The predicted molar refractivity (Wildman–Crippen MR) is 93.6 cm³/mol. The molecule has 1 N–H and O–H groups in total. The van der Waals surface area contributed by atoms with Crippen LogP contribution in [0.5, 0.6) is 0 Å². The van der Waals surface area contributed by atoms with Crippen molar-refractivity contribution in [2.75, 3.05) is 5.32 Å². The standard InChI is InChI=1S/C16H11Cl2N3OS/c17-12-6-4-10(5-7-12)8-14-20-21-16(23-14)19-15(22)11-2-1-3-13(18)9-11/h1-7,9H,8H2,(H,19,21,22). The molecule has 0 spiro atoms. The Bertz CT molecular complexity index is 833. The van der Waals surface area contributed by atoms with Crippen molar-refractivity contribution in [2.45, 2.75) is 6.42 Å². The normalized spacial score (nSPS) is 10.5. The minimum Gasteiger partial charge on any atom is -0.296 e. The molecule has 2 aromatic carbocycles. The molecule has 4 nitrogen and oxygen atoms in total. The summed E-state index contributed by atoms with van der Waals surface area (Å²) in [5.74, 6) is -0.262. The highest BCUT2D eigenvalue weighted by Crippen LogP contribution is 2.20. The molecule has 1 aromatic heterocycles. The molecular formula is C16H11Cl2N3OS. The minimum atomic E-state index is -0.262. The van der Waals surface area contributed by atoms with Gasteiger partial charge < -0.3 is 0 Å². The van der Waals surface area contributed by atoms with Gasteiger partial charge in [-0.05, 0) is 35.9 Å². The van der Waals surface area contributed by atoms with Crippen molar-refractivity contribution in [3.8, 4) is 0 Å². The second-order valence-electron chi connectivity index (χ2n) is 4.77. The molecule has 0 radical (unpaired) electrons. The highest BCUT2D eigenvalue weighted by Gasteiger charge is 2.11. The summed E-state index contributed by atoms with van der Waals surface area (Å²) < 4.78 is 0. The van der Waals surface area contributed by atoms with E-state index in [4.69, 9.17) is 23.2 Å². The summed E-state index contributed by atoms with van der Waals surface area (Å²) >= 11 is 13.1. The number of halogens is 2. The van der Waals surface area contributed by atoms with E-state index in [1.54, 1.807) is 24.3 Å². The Morgan fingerprint density at radius 1 is 1.04 bits per heavy atom. The Labute approximate surface area is 147 Å². The number of nitrogens with zero attached hydrogens (tertiary/aromatic N) is 2. The van der Waals surface area contributed by atoms with Crippen molar-refractivity contribution in [2.24, 2.45) is 0 Å². The van der Waals surface area contributed by atoms with Gasteiger partial charge in [0.2, 0.25) is 5.13 Å². The number of amides is 1. The molecule has 3 rings (SSSR count). The van der Waals surface area contributed by atoms with E-state index in [2.05, 4.69) is 15.5 Å². The first-order valence-corrected chi connectivity index (χ1v) is 8.31. The van der Waals surface area contributed by atoms with Gasteiger partial charge in [0, 0.05) is 22.0 Å². The predicted octanol–water partition coefficient (Wildman–Crippen LogP) is 4.69. The highest BCUT2D eigenvalue weighted by molar-refractivity contribution is 7.15. The molecule has 116 valence electrons. The maximum absolute atomic E-state index is 12.1. The smallest absolute Gasteiger partial charge is 0.257 e. The van der Waals surface area contributed by atoms with Crippen LogP contribution >= 0.6 is 34.5 Å². The SMILES string of the molecule is O=C(Nc1nnc(Cc2ccc(Cl)cc2)s1)c1cccc(Cl)c1. The molecule has 23 heavy (non-hydrogen) atoms. The van der Waals surface area contributed by atoms with Gasteiger partial charge in [-0.3, -0.25) is 10.1 Å². The van der Waals surface area contributed by atoms with E-state index >= 15 is 0 Å². The molecule has 0 aliphatic carbocycles. The fourth-order valence-electron chi connectivity index (χ4n) is 1.95. The minimum absolute atomic E-state index is 0.262. The van der Waals surface area contributed by atoms with Crippen molar-refractivity contribution in [3.63, 3.8) is 0 Å². The molecule has 1 amide bonds. The van der Waals surface area contributed by atoms with Gasteiger partial charge in [0.1, 0.15) is 5.01 Å². The van der Waals surface area contributed by atoms with Crippen molar-refractivity contribution in [3.05, 3.63) is 74.7 Å². The summed E-state index contributed by atoms with van der Waals surface area (Å²) in [4.78, 5) is 12.1. The van der Waals surface area contributed by atoms with Gasteiger partial charge in [-0.25, -0.2) is 0 Å². The molecule has 0 fully saturated rings. The van der Waals surface area contributed by atoms with Crippen LogP contribution in [0.3, 0.4) is 0 Å². The number of nitrogens with one attached hydrogen (secondary N) is 1. The Kier molecular flexibility index (Phi) is 4.91. The largest absolute Gasteiger partial charge is 0.296 e. The fourth-order valence-corrected chi connectivity index (χ4v) is 3.04. The van der Waals surface area contributed by atoms with Crippen LogP contribution < -0.4 is 5.32 Å². The number of anilines is 1. The Morgan fingerprint density at radius 3 is 2.57 bits per heavy atom. The van der Waals surface area contributed by atoms with Crippen LogP contribution in [0, 0.1) is 0 Å². The van der Waals surface area contributed by atoms with Crippen LogP contribution in [0.4, 0.5) is 5.13 Å². The van der Waals surface area contributed by atoms with Crippen molar-refractivity contribution in [1.29, 1.82) is 0 Å². The molecule has 0 bridgehead atoms. The van der Waals surface area contributed by atoms with Crippen LogP contribution in [-0.2, 0) is 6.42 Å². The van der Waals surface area contributed by atoms with Crippen LogP contribution in [0.25, 0.3) is 0 Å². The van der Waals surface area contributed by atoms with E-state index in [1.165, 1.54) is 11.3 Å². The molecule has 0 saturated carbocycles. The molecule has 7 heteroatoms. The summed E-state index contributed by atoms with van der Waals surface area (Å²) in [6.45, 7) is 0. The van der Waals surface area contributed by atoms with Gasteiger partial charge in [0.15, 0.2) is 0 Å². The van der Waals surface area contributed by atoms with E-state index in [-0.39, 0.29) is 5.91 Å². The van der Waals surface area contributed by atoms with Crippen molar-refractivity contribution >= 4 is 45.6 Å². The monoisotopic (exact) mass is 363 g/mol. The van der Waals surface area contributed by atoms with E-state index < -0.39 is 0 Å². The number of hydrogen-bond donors (Lipinski definition) is 1. The fraction of sp³-hybridized carbons (Fsp3) is 0.0625. The summed E-state index contributed by atoms with van der Waals surface area (Å²) in [7, 11) is 0. The van der Waals surface area contributed by atoms with Gasteiger partial charge >= 0.3 is 0 Å². The lowest BCUT2D eigenvalue weighted by Gasteiger charge is -2.01. The summed E-state index contributed by atoms with van der Waals surface area (Å²) in [6, 6.07) is 14.3. The maximum atomic E-state index is 12.1. The Balaban J connectivity index is 1.67. The number of aromatic nitrogens is 2. The Morgan fingerprint density at radius 2 is 1.83 bits per heavy atom. The third-order valence-corrected chi connectivity index (χ3v) is 4.37. The quantitative estimate of drug-likeness (QED) is 0.731. The highest BCUT2D eigenvalue weighted by atomic mass is 35.5. The second-order valence-corrected chi connectivity index (χ2v) is 6.70. The lowest BCUT2D eigenvalue weighted by Crippen LogP contribution is -2.11. The molecule has 0 aliphatic heterocycles. The topological polar surface area (TPSA) is 54.9 Å². The van der Waals surface area contributed by atoms with Gasteiger partial charge in [0.05, 0.1) is 0 Å². The number of rotatable bonds is 4. The molecule has 0 saturated heterocycles. The van der Waals surface area contributed by atoms with Crippen LogP contribution in [0.1, 0.15) is 20.9 Å². The average molecular weight is 364 g/mol. The van der Waals surface area contributed by atoms with Crippen LogP contribution in [0.2, 0.25) is 10.0 Å². The molecule has 0 atom stereocenters. The zero-order valence-corrected chi connectivity index (χ0v) is 14.1. The number of carbonyl (C=O) groups excluding carboxylic acids is 1. The summed E-state index contributed by atoms with van der Waals surface area (Å²) in [5.41, 5.74) is 1.56. The van der Waals surface area contributed by atoms with Crippen molar-refractivity contribution < 1.29 is 4.79 Å². The Hall–Kier alpha value is -1.95. The first kappa shape index (κ1) is 15.9. The molecule has 0 unspecified atom stereocenters. The van der Waals surface area contributed by atoms with E-state index in [0.29, 0.717) is 27.2 Å². The maximum Gasteiger partial charge on any atom is 0.257 e. The van der Waals surface area contributed by atoms with Crippen molar-refractivity contribution in [1.82, 2.24) is 10.2 Å². The number of benzene rings is 2. The first-order chi connectivity index (χ1) is 11.1. The van der Waals surface area contributed by atoms with Gasteiger partial charge in [-0.2, -0.15) is 0 Å². The summed E-state index contributed by atoms with van der Waals surface area (Å²) in [6.07, 6.45) is 0.641. The first-order valence-electron chi connectivity index (χ1n) is 6.74. The lowest BCUT2D eigenvalue weighted by atomic mass is 10.2. The lowest BCUT2D eigenvalue weighted by molar-refractivity contribution is 0.102. The van der Waals surface area contributed by atoms with Crippen LogP contribution in [0.15, 0.2) is 48.5 Å². The van der Waals surface area contributed by atoms with E-state index in [9.17, 15) is 4.79 Å². The average Bonchev–Trinajstić information content (AvgIpc) is 2.96. The van der Waals surface area contributed by atoms with Gasteiger partial charge in [-0.1, -0.05) is 52.7 Å². The molecule has 3 aromatic rings.